The number of hydrogen-bond donors (Lipinski definition) is 2. The van der Waals surface area contributed by atoms with Crippen molar-refractivity contribution < 1.29 is 50.2 Å². The molecule has 0 aliphatic carbocycles. The minimum atomic E-state index is -4.44. The lowest BCUT2D eigenvalue weighted by molar-refractivity contribution is -0.138. The molecule has 6 aromatic rings. The summed E-state index contributed by atoms with van der Waals surface area (Å²) >= 11 is 0. The molecule has 2 aromatic heterocycles. The van der Waals surface area contributed by atoms with Crippen molar-refractivity contribution in [3.63, 3.8) is 0 Å². The van der Waals surface area contributed by atoms with Gasteiger partial charge >= 0.3 is 18.3 Å². The molecule has 0 aliphatic rings. The van der Waals surface area contributed by atoms with Gasteiger partial charge in [0.25, 0.3) is 0 Å². The van der Waals surface area contributed by atoms with E-state index in [0.29, 0.717) is 40.0 Å². The van der Waals surface area contributed by atoms with Crippen molar-refractivity contribution >= 4 is 51.0 Å². The second kappa shape index (κ2) is 17.5. The molecule has 2 N–H and O–H groups in total. The van der Waals surface area contributed by atoms with Crippen molar-refractivity contribution in [3.05, 3.63) is 156 Å². The fraction of sp³-hybridized carbons (Fsp3) is 0.167. The first-order valence-corrected chi connectivity index (χ1v) is 17.1. The number of ether oxygens (including phenoxy) is 2. The second-order valence-corrected chi connectivity index (χ2v) is 12.6. The average Bonchev–Trinajstić information content (AvgIpc) is 3.70. The van der Waals surface area contributed by atoms with E-state index in [9.17, 15) is 40.7 Å². The lowest BCUT2D eigenvalue weighted by atomic mass is 10.1. The van der Waals surface area contributed by atoms with Crippen molar-refractivity contribution in [2.75, 3.05) is 24.9 Å². The van der Waals surface area contributed by atoms with Gasteiger partial charge in [0.15, 0.2) is 0 Å². The van der Waals surface area contributed by atoms with Crippen LogP contribution in [0.25, 0.3) is 21.8 Å². The van der Waals surface area contributed by atoms with Crippen molar-refractivity contribution in [1.29, 1.82) is 0 Å². The van der Waals surface area contributed by atoms with Gasteiger partial charge < -0.3 is 29.2 Å². The van der Waals surface area contributed by atoms with Crippen LogP contribution in [0.1, 0.15) is 38.2 Å². The molecule has 15 heteroatoms. The fourth-order valence-electron chi connectivity index (χ4n) is 6.10. The third kappa shape index (κ3) is 10.2. The fourth-order valence-corrected chi connectivity index (χ4v) is 6.10. The van der Waals surface area contributed by atoms with Gasteiger partial charge in [-0.3, -0.25) is 9.59 Å². The maximum absolute atomic E-state index is 13.0. The lowest BCUT2D eigenvalue weighted by Gasteiger charge is -2.10. The lowest BCUT2D eigenvalue weighted by Crippen LogP contribution is -2.07. The number of nitrogens with zero attached hydrogens (tertiary/aromatic N) is 2. The normalized spacial score (nSPS) is 11.4. The minimum absolute atomic E-state index is 0.121. The Hall–Kier alpha value is -6.61. The number of anilines is 2. The van der Waals surface area contributed by atoms with Gasteiger partial charge in [-0.2, -0.15) is 26.3 Å². The number of aromatic nitrogens is 2. The van der Waals surface area contributed by atoms with Crippen molar-refractivity contribution in [2.45, 2.75) is 32.0 Å². The monoisotopic (exact) mass is 790 g/mol. The third-order valence-electron chi connectivity index (χ3n) is 8.67. The van der Waals surface area contributed by atoms with Crippen molar-refractivity contribution in [1.82, 2.24) is 9.13 Å². The van der Waals surface area contributed by atoms with Gasteiger partial charge in [0.1, 0.15) is 0 Å². The number of esters is 1. The number of fused-ring (bicyclic) bond motifs is 2. The van der Waals surface area contributed by atoms with Crippen LogP contribution in [0.3, 0.4) is 0 Å². The van der Waals surface area contributed by atoms with Gasteiger partial charge in [-0.05, 0) is 83.9 Å². The number of rotatable bonds is 11. The standard InChI is InChI=1S/C21H17F3N2O3.C21H19F3N2O2/c1-3-19(27)25-15-7-8-18-16(10-15)17(20(28)29-2)12-26(18)11-13-5-4-6-14(9-13)21(22,23)24;1-3-20(27)25-17-7-8-19-18(10-17)15(13-28-2)12-26(19)11-14-5-4-6-16(9-14)21(22,23)24/h3-10,12H,1,11H2,2H3,(H,25,27);3-10,12H,1,11,13H2,2H3,(H,25,27). The van der Waals surface area contributed by atoms with E-state index in [-0.39, 0.29) is 24.6 Å². The van der Waals surface area contributed by atoms with Crippen LogP contribution in [0.4, 0.5) is 37.7 Å². The maximum Gasteiger partial charge on any atom is 0.416 e. The van der Waals surface area contributed by atoms with Crippen molar-refractivity contribution in [3.8, 4) is 0 Å². The smallest absolute Gasteiger partial charge is 0.416 e. The first kappa shape index (κ1) is 41.6. The van der Waals surface area contributed by atoms with Crippen LogP contribution in [0, 0.1) is 0 Å². The molecular weight excluding hydrogens is 754 g/mol. The molecule has 296 valence electrons. The molecule has 0 spiro atoms. The molecule has 0 fully saturated rings. The summed E-state index contributed by atoms with van der Waals surface area (Å²) in [5, 5.41) is 6.67. The summed E-state index contributed by atoms with van der Waals surface area (Å²) in [6.45, 7) is 7.55. The van der Waals surface area contributed by atoms with E-state index in [1.807, 2.05) is 22.9 Å². The Morgan fingerprint density at radius 3 is 1.60 bits per heavy atom. The zero-order chi connectivity index (χ0) is 41.5. The molecular formula is C42H36F6N4O5. The molecule has 0 saturated carbocycles. The van der Waals surface area contributed by atoms with E-state index in [2.05, 4.69) is 23.8 Å². The van der Waals surface area contributed by atoms with Crippen LogP contribution >= 0.6 is 0 Å². The molecule has 0 aliphatic heterocycles. The van der Waals surface area contributed by atoms with Crippen LogP contribution in [0.2, 0.25) is 0 Å². The highest BCUT2D eigenvalue weighted by atomic mass is 19.4. The van der Waals surface area contributed by atoms with Crippen LogP contribution < -0.4 is 10.6 Å². The summed E-state index contributed by atoms with van der Waals surface area (Å²) in [6.07, 6.45) is -3.15. The summed E-state index contributed by atoms with van der Waals surface area (Å²) in [6, 6.07) is 20.6. The topological polar surface area (TPSA) is 104 Å². The molecule has 6 rings (SSSR count). The number of methoxy groups -OCH3 is 2. The predicted molar refractivity (Wildman–Crippen MR) is 205 cm³/mol. The van der Waals surface area contributed by atoms with E-state index in [0.717, 1.165) is 46.8 Å². The number of nitrogens with one attached hydrogen (secondary N) is 2. The van der Waals surface area contributed by atoms with Crippen LogP contribution in [0.5, 0.6) is 0 Å². The highest BCUT2D eigenvalue weighted by Crippen LogP contribution is 2.33. The Morgan fingerprint density at radius 2 is 1.14 bits per heavy atom. The van der Waals surface area contributed by atoms with E-state index < -0.39 is 35.4 Å². The number of alkyl halides is 6. The summed E-state index contributed by atoms with van der Waals surface area (Å²) in [4.78, 5) is 35.3. The quantitative estimate of drug-likeness (QED) is 0.0774. The summed E-state index contributed by atoms with van der Waals surface area (Å²) in [5.41, 5.74) is 3.17. The molecule has 4 aromatic carbocycles. The van der Waals surface area contributed by atoms with Gasteiger partial charge in [0.2, 0.25) is 11.8 Å². The Labute approximate surface area is 322 Å². The number of amides is 2. The summed E-state index contributed by atoms with van der Waals surface area (Å²) in [5.74, 6) is -1.33. The Morgan fingerprint density at radius 1 is 0.667 bits per heavy atom. The van der Waals surface area contributed by atoms with Crippen LogP contribution in [-0.4, -0.2) is 41.1 Å². The van der Waals surface area contributed by atoms with Gasteiger partial charge in [-0.25, -0.2) is 4.79 Å². The van der Waals surface area contributed by atoms with Crippen LogP contribution in [0.15, 0.2) is 123 Å². The van der Waals surface area contributed by atoms with Gasteiger partial charge in [0.05, 0.1) is 30.4 Å². The number of carbonyl (C=O) groups excluding carboxylic acids is 3. The molecule has 0 unspecified atom stereocenters. The van der Waals surface area contributed by atoms with Gasteiger partial charge in [0, 0.05) is 71.3 Å². The number of halogens is 6. The number of carbonyl (C=O) groups is 3. The first-order chi connectivity index (χ1) is 27.0. The molecule has 2 amide bonds. The Bertz CT molecular complexity index is 2460. The molecule has 0 saturated heterocycles. The summed E-state index contributed by atoms with van der Waals surface area (Å²) in [7, 11) is 2.81. The highest BCUT2D eigenvalue weighted by Gasteiger charge is 2.31. The molecule has 0 bridgehead atoms. The van der Waals surface area contributed by atoms with Crippen molar-refractivity contribution in [2.24, 2.45) is 0 Å². The summed E-state index contributed by atoms with van der Waals surface area (Å²) < 4.78 is 91.5. The average molecular weight is 791 g/mol. The van der Waals surface area contributed by atoms with Gasteiger partial charge in [-0.1, -0.05) is 37.4 Å². The Balaban J connectivity index is 0.000000218. The first-order valence-electron chi connectivity index (χ1n) is 17.1. The Kier molecular flexibility index (Phi) is 12.7. The third-order valence-corrected chi connectivity index (χ3v) is 8.67. The van der Waals surface area contributed by atoms with E-state index >= 15 is 0 Å². The second-order valence-electron chi connectivity index (χ2n) is 12.6. The molecule has 0 radical (unpaired) electrons. The molecule has 9 nitrogen and oxygen atoms in total. The van der Waals surface area contributed by atoms with E-state index in [1.54, 1.807) is 48.1 Å². The molecule has 2 heterocycles. The number of benzene rings is 4. The van der Waals surface area contributed by atoms with Crippen LogP contribution in [-0.2, 0) is 51.1 Å². The zero-order valence-electron chi connectivity index (χ0n) is 30.6. The van der Waals surface area contributed by atoms with E-state index in [1.165, 1.54) is 31.5 Å². The van der Waals surface area contributed by atoms with Gasteiger partial charge in [-0.15, -0.1) is 0 Å². The largest absolute Gasteiger partial charge is 0.465 e. The number of hydrogen-bond acceptors (Lipinski definition) is 5. The SMILES string of the molecule is C=CC(=O)Nc1ccc2c(c1)c(C(=O)OC)cn2Cc1cccc(C(F)(F)F)c1.C=CC(=O)Nc1ccc2c(c1)c(COC)cn2Cc1cccc(C(F)(F)F)c1. The maximum atomic E-state index is 13.0. The minimum Gasteiger partial charge on any atom is -0.465 e. The zero-order valence-corrected chi connectivity index (χ0v) is 30.6. The highest BCUT2D eigenvalue weighted by molar-refractivity contribution is 6.07. The predicted octanol–water partition coefficient (Wildman–Crippen LogP) is 9.60. The van der Waals surface area contributed by atoms with E-state index in [4.69, 9.17) is 9.47 Å². The molecule has 0 atom stereocenters. The molecule has 57 heavy (non-hydrogen) atoms.